The first-order valence-electron chi connectivity index (χ1n) is 6.61. The van der Waals surface area contributed by atoms with Crippen LogP contribution in [0, 0.1) is 0 Å². The normalized spacial score (nSPS) is 16.5. The number of ether oxygens (including phenoxy) is 1. The molecule has 0 spiro atoms. The van der Waals surface area contributed by atoms with Gasteiger partial charge in [0.25, 0.3) is 5.91 Å². The summed E-state index contributed by atoms with van der Waals surface area (Å²) in [5, 5.41) is 6.14. The minimum atomic E-state index is -0.123. The van der Waals surface area contributed by atoms with E-state index >= 15 is 0 Å². The van der Waals surface area contributed by atoms with Gasteiger partial charge in [-0.1, -0.05) is 0 Å². The zero-order chi connectivity index (χ0) is 13.5. The molecule has 106 valence electrons. The second-order valence-electron chi connectivity index (χ2n) is 4.54. The third-order valence-corrected chi connectivity index (χ3v) is 3.72. The highest BCUT2D eigenvalue weighted by atomic mass is 79.9. The molecule has 2 heterocycles. The summed E-state index contributed by atoms with van der Waals surface area (Å²) in [6, 6.07) is 1.64. The van der Waals surface area contributed by atoms with Gasteiger partial charge < -0.3 is 19.8 Å². The summed E-state index contributed by atoms with van der Waals surface area (Å²) in [7, 11) is 0. The molecule has 1 aliphatic rings. The Hall–Kier alpha value is -0.850. The third kappa shape index (κ3) is 4.63. The van der Waals surface area contributed by atoms with Crippen LogP contribution >= 0.6 is 15.9 Å². The summed E-state index contributed by atoms with van der Waals surface area (Å²) >= 11 is 3.18. The van der Waals surface area contributed by atoms with Crippen LogP contribution in [0.25, 0.3) is 0 Å². The van der Waals surface area contributed by atoms with Crippen LogP contribution in [0.3, 0.4) is 0 Å². The summed E-state index contributed by atoms with van der Waals surface area (Å²) in [5.41, 5.74) is 0.527. The summed E-state index contributed by atoms with van der Waals surface area (Å²) < 4.78 is 11.2. The number of hydrogen-bond donors (Lipinski definition) is 2. The molecule has 19 heavy (non-hydrogen) atoms. The smallest absolute Gasteiger partial charge is 0.255 e. The molecule has 0 bridgehead atoms. The van der Waals surface area contributed by atoms with Gasteiger partial charge in [0, 0.05) is 13.2 Å². The van der Waals surface area contributed by atoms with E-state index in [1.54, 1.807) is 6.07 Å². The van der Waals surface area contributed by atoms with E-state index in [0.717, 1.165) is 32.4 Å². The lowest BCUT2D eigenvalue weighted by Gasteiger charge is -2.22. The fraction of sp³-hybridized carbons (Fsp3) is 0.615. The van der Waals surface area contributed by atoms with E-state index in [-0.39, 0.29) is 5.91 Å². The first kappa shape index (κ1) is 14.6. The number of hydrogen-bond acceptors (Lipinski definition) is 4. The van der Waals surface area contributed by atoms with Crippen molar-refractivity contribution in [3.05, 3.63) is 22.6 Å². The minimum Gasteiger partial charge on any atom is -0.457 e. The summed E-state index contributed by atoms with van der Waals surface area (Å²) in [4.78, 5) is 11.7. The van der Waals surface area contributed by atoms with Crippen molar-refractivity contribution in [3.8, 4) is 0 Å². The van der Waals surface area contributed by atoms with E-state index in [4.69, 9.17) is 9.15 Å². The highest BCUT2D eigenvalue weighted by molar-refractivity contribution is 9.10. The molecule has 1 aliphatic heterocycles. The van der Waals surface area contributed by atoms with Crippen molar-refractivity contribution in [1.82, 2.24) is 10.6 Å². The van der Waals surface area contributed by atoms with Crippen molar-refractivity contribution in [1.29, 1.82) is 0 Å². The van der Waals surface area contributed by atoms with Gasteiger partial charge in [0.1, 0.15) is 0 Å². The monoisotopic (exact) mass is 330 g/mol. The fourth-order valence-electron chi connectivity index (χ4n) is 2.04. The van der Waals surface area contributed by atoms with Crippen molar-refractivity contribution < 1.29 is 13.9 Å². The molecule has 0 atom stereocenters. The van der Waals surface area contributed by atoms with Crippen LogP contribution in [0.5, 0.6) is 0 Å². The Morgan fingerprint density at radius 1 is 1.53 bits per heavy atom. The average molecular weight is 331 g/mol. The molecule has 1 amide bonds. The van der Waals surface area contributed by atoms with Crippen LogP contribution < -0.4 is 10.6 Å². The summed E-state index contributed by atoms with van der Waals surface area (Å²) in [6.45, 7) is 3.38. The van der Waals surface area contributed by atoms with Gasteiger partial charge in [-0.05, 0) is 54.3 Å². The Bertz CT molecular complexity index is 402. The van der Waals surface area contributed by atoms with Crippen LogP contribution in [-0.2, 0) is 4.74 Å². The Labute approximate surface area is 121 Å². The van der Waals surface area contributed by atoms with Crippen molar-refractivity contribution >= 4 is 21.8 Å². The Balaban J connectivity index is 1.56. The third-order valence-electron chi connectivity index (χ3n) is 3.11. The molecule has 5 nitrogen and oxygen atoms in total. The van der Waals surface area contributed by atoms with Gasteiger partial charge in [0.15, 0.2) is 4.67 Å². The number of carbonyl (C=O) groups excluding carboxylic acids is 1. The zero-order valence-corrected chi connectivity index (χ0v) is 12.4. The van der Waals surface area contributed by atoms with Gasteiger partial charge in [0.05, 0.1) is 17.9 Å². The topological polar surface area (TPSA) is 63.5 Å². The largest absolute Gasteiger partial charge is 0.457 e. The number of carbonyl (C=O) groups is 1. The lowest BCUT2D eigenvalue weighted by Crippen LogP contribution is -2.33. The maximum absolute atomic E-state index is 11.7. The second-order valence-corrected chi connectivity index (χ2v) is 5.26. The predicted octanol–water partition coefficient (Wildman–Crippen LogP) is 1.93. The van der Waals surface area contributed by atoms with Crippen molar-refractivity contribution in [2.75, 3.05) is 26.2 Å². The van der Waals surface area contributed by atoms with Crippen LogP contribution in [0.4, 0.5) is 0 Å². The number of rotatable bonds is 6. The number of piperidine rings is 1. The van der Waals surface area contributed by atoms with Gasteiger partial charge in [-0.25, -0.2) is 0 Å². The van der Waals surface area contributed by atoms with Crippen LogP contribution in [-0.4, -0.2) is 38.3 Å². The molecule has 0 unspecified atom stereocenters. The standard InChI is InChI=1S/C13H19BrN2O3/c14-12-11(4-9-19-12)13(17)16-5-1-8-18-10-2-6-15-7-3-10/h4,9-10,15H,1-3,5-8H2,(H,16,17). The number of halogens is 1. The van der Waals surface area contributed by atoms with Crippen LogP contribution in [0.2, 0.25) is 0 Å². The van der Waals surface area contributed by atoms with E-state index in [1.807, 2.05) is 0 Å². The Morgan fingerprint density at radius 2 is 2.32 bits per heavy atom. The number of nitrogens with one attached hydrogen (secondary N) is 2. The molecule has 0 aromatic carbocycles. The van der Waals surface area contributed by atoms with E-state index in [0.29, 0.717) is 29.5 Å². The Kier molecular flexibility index (Phi) is 5.88. The van der Waals surface area contributed by atoms with Gasteiger partial charge in [-0.15, -0.1) is 0 Å². The van der Waals surface area contributed by atoms with Crippen molar-refractivity contribution in [2.45, 2.75) is 25.4 Å². The highest BCUT2D eigenvalue weighted by Gasteiger charge is 2.13. The molecule has 0 radical (unpaired) electrons. The maximum atomic E-state index is 11.7. The lowest BCUT2D eigenvalue weighted by atomic mass is 10.1. The van der Waals surface area contributed by atoms with E-state index in [1.165, 1.54) is 6.26 Å². The lowest BCUT2D eigenvalue weighted by molar-refractivity contribution is 0.0318. The highest BCUT2D eigenvalue weighted by Crippen LogP contribution is 2.16. The van der Waals surface area contributed by atoms with Gasteiger partial charge in [-0.3, -0.25) is 4.79 Å². The minimum absolute atomic E-state index is 0.123. The maximum Gasteiger partial charge on any atom is 0.255 e. The fourth-order valence-corrected chi connectivity index (χ4v) is 2.46. The first-order valence-corrected chi connectivity index (χ1v) is 7.40. The molecule has 6 heteroatoms. The quantitative estimate of drug-likeness (QED) is 0.782. The molecule has 1 aromatic rings. The van der Waals surface area contributed by atoms with Crippen molar-refractivity contribution in [2.24, 2.45) is 0 Å². The first-order chi connectivity index (χ1) is 9.27. The molecular weight excluding hydrogens is 312 g/mol. The Morgan fingerprint density at radius 3 is 3.00 bits per heavy atom. The van der Waals surface area contributed by atoms with E-state index in [2.05, 4.69) is 26.6 Å². The molecular formula is C13H19BrN2O3. The SMILES string of the molecule is O=C(NCCCOC1CCNCC1)c1ccoc1Br. The number of amides is 1. The van der Waals surface area contributed by atoms with E-state index in [9.17, 15) is 4.79 Å². The van der Waals surface area contributed by atoms with Crippen molar-refractivity contribution in [3.63, 3.8) is 0 Å². The predicted molar refractivity (Wildman–Crippen MR) is 75.2 cm³/mol. The summed E-state index contributed by atoms with van der Waals surface area (Å²) in [6.07, 6.45) is 4.84. The van der Waals surface area contributed by atoms with Crippen LogP contribution in [0.15, 0.2) is 21.4 Å². The molecule has 2 N–H and O–H groups in total. The van der Waals surface area contributed by atoms with Gasteiger partial charge in [0.2, 0.25) is 0 Å². The molecule has 0 aliphatic carbocycles. The summed E-state index contributed by atoms with van der Waals surface area (Å²) in [5.74, 6) is -0.123. The second kappa shape index (κ2) is 7.67. The molecule has 0 saturated carbocycles. The molecule has 1 aromatic heterocycles. The van der Waals surface area contributed by atoms with E-state index < -0.39 is 0 Å². The average Bonchev–Trinajstić information content (AvgIpc) is 2.86. The molecule has 2 rings (SSSR count). The van der Waals surface area contributed by atoms with Gasteiger partial charge >= 0.3 is 0 Å². The molecule has 1 saturated heterocycles. The van der Waals surface area contributed by atoms with Crippen LogP contribution in [0.1, 0.15) is 29.6 Å². The molecule has 1 fully saturated rings. The number of furan rings is 1. The van der Waals surface area contributed by atoms with Gasteiger partial charge in [-0.2, -0.15) is 0 Å². The zero-order valence-electron chi connectivity index (χ0n) is 10.8.